The number of fused-ring (bicyclic) bond motifs is 1. The van der Waals surface area contributed by atoms with E-state index in [9.17, 15) is 4.79 Å². The summed E-state index contributed by atoms with van der Waals surface area (Å²) in [5, 5.41) is 0.532. The molecule has 1 aromatic carbocycles. The molecule has 4 rings (SSSR count). The molecule has 0 radical (unpaired) electrons. The molecule has 3 aromatic rings. The van der Waals surface area contributed by atoms with Crippen molar-refractivity contribution in [1.82, 2.24) is 19.4 Å². The van der Waals surface area contributed by atoms with Crippen molar-refractivity contribution in [1.29, 1.82) is 0 Å². The van der Waals surface area contributed by atoms with Gasteiger partial charge >= 0.3 is 6.01 Å². The number of para-hydroxylation sites is 1. The lowest BCUT2D eigenvalue weighted by Gasteiger charge is -2.32. The lowest BCUT2D eigenvalue weighted by Crippen LogP contribution is -2.45. The van der Waals surface area contributed by atoms with Crippen molar-refractivity contribution in [2.24, 2.45) is 0 Å². The van der Waals surface area contributed by atoms with Crippen LogP contribution in [0.25, 0.3) is 16.7 Å². The third-order valence-corrected chi connectivity index (χ3v) is 4.46. The first-order valence-electron chi connectivity index (χ1n) is 8.66. The Hall–Kier alpha value is -2.77. The van der Waals surface area contributed by atoms with Gasteiger partial charge in [0.25, 0.3) is 5.56 Å². The summed E-state index contributed by atoms with van der Waals surface area (Å²) in [6.45, 7) is 4.86. The number of pyridine rings is 1. The van der Waals surface area contributed by atoms with Crippen LogP contribution in [0.4, 0.5) is 0 Å². The normalized spacial score (nSPS) is 16.5. The quantitative estimate of drug-likeness (QED) is 0.714. The average molecular weight is 352 g/mol. The first kappa shape index (κ1) is 16.7. The smallest absolute Gasteiger partial charge is 0.307 e. The average Bonchev–Trinajstić information content (AvgIpc) is 2.69. The Morgan fingerprint density at radius 3 is 2.65 bits per heavy atom. The highest BCUT2D eigenvalue weighted by atomic mass is 16.5. The van der Waals surface area contributed by atoms with Crippen molar-refractivity contribution >= 4 is 10.9 Å². The van der Waals surface area contributed by atoms with Gasteiger partial charge in [0.05, 0.1) is 24.1 Å². The Bertz CT molecular complexity index is 952. The van der Waals surface area contributed by atoms with E-state index in [2.05, 4.69) is 14.9 Å². The van der Waals surface area contributed by atoms with Gasteiger partial charge in [-0.15, -0.1) is 0 Å². The predicted octanol–water partition coefficient (Wildman–Crippen LogP) is 1.84. The first-order chi connectivity index (χ1) is 12.7. The molecular formula is C19H20N4O3. The summed E-state index contributed by atoms with van der Waals surface area (Å²) < 4.78 is 12.9. The molecule has 7 nitrogen and oxygen atoms in total. The van der Waals surface area contributed by atoms with Crippen LogP contribution >= 0.6 is 0 Å². The largest absolute Gasteiger partial charge is 0.445 e. The Balaban J connectivity index is 1.80. The second-order valence-corrected chi connectivity index (χ2v) is 6.11. The van der Waals surface area contributed by atoms with Crippen LogP contribution in [0.15, 0.2) is 53.5 Å². The van der Waals surface area contributed by atoms with E-state index in [4.69, 9.17) is 9.47 Å². The molecule has 0 bridgehead atoms. The van der Waals surface area contributed by atoms with E-state index in [-0.39, 0.29) is 17.8 Å². The van der Waals surface area contributed by atoms with Gasteiger partial charge in [-0.1, -0.05) is 18.2 Å². The highest BCUT2D eigenvalue weighted by molar-refractivity contribution is 5.78. The van der Waals surface area contributed by atoms with E-state index < -0.39 is 0 Å². The fraction of sp³-hybridized carbons (Fsp3) is 0.316. The summed E-state index contributed by atoms with van der Waals surface area (Å²) in [7, 11) is 0. The lowest BCUT2D eigenvalue weighted by molar-refractivity contribution is -0.0413. The van der Waals surface area contributed by atoms with Gasteiger partial charge in [-0.2, -0.15) is 4.98 Å². The molecule has 1 fully saturated rings. The third kappa shape index (κ3) is 3.18. The molecule has 0 aliphatic carbocycles. The van der Waals surface area contributed by atoms with E-state index in [1.54, 1.807) is 24.4 Å². The molecule has 3 heterocycles. The van der Waals surface area contributed by atoms with Crippen molar-refractivity contribution in [2.75, 3.05) is 26.3 Å². The SMILES string of the molecule is CC(Oc1nc2ccccc2c(=O)n1-c1ccccn1)N1CCOCC1. The number of hydrogen-bond donors (Lipinski definition) is 0. The van der Waals surface area contributed by atoms with Gasteiger partial charge in [-0.25, -0.2) is 9.55 Å². The monoisotopic (exact) mass is 352 g/mol. The summed E-state index contributed by atoms with van der Waals surface area (Å²) in [6.07, 6.45) is 1.41. The highest BCUT2D eigenvalue weighted by Crippen LogP contribution is 2.18. The van der Waals surface area contributed by atoms with Gasteiger partial charge in [-0.3, -0.25) is 9.69 Å². The maximum absolute atomic E-state index is 13.1. The molecular weight excluding hydrogens is 332 g/mol. The molecule has 0 N–H and O–H groups in total. The molecule has 1 saturated heterocycles. The number of aromatic nitrogens is 3. The van der Waals surface area contributed by atoms with Crippen LogP contribution < -0.4 is 10.3 Å². The Kier molecular flexibility index (Phi) is 4.64. The second kappa shape index (κ2) is 7.23. The maximum Gasteiger partial charge on any atom is 0.307 e. The number of morpholine rings is 1. The number of rotatable bonds is 4. The van der Waals surface area contributed by atoms with Crippen molar-refractivity contribution in [3.63, 3.8) is 0 Å². The number of benzene rings is 1. The molecule has 1 aliphatic heterocycles. The van der Waals surface area contributed by atoms with E-state index in [1.807, 2.05) is 31.2 Å². The van der Waals surface area contributed by atoms with Crippen LogP contribution in [0.2, 0.25) is 0 Å². The molecule has 7 heteroatoms. The molecule has 2 aromatic heterocycles. The Labute approximate surface area is 150 Å². The minimum absolute atomic E-state index is 0.196. The van der Waals surface area contributed by atoms with Crippen molar-refractivity contribution in [3.8, 4) is 11.8 Å². The molecule has 26 heavy (non-hydrogen) atoms. The topological polar surface area (TPSA) is 69.5 Å². The standard InChI is InChI=1S/C19H20N4O3/c1-14(22-10-12-25-13-11-22)26-19-21-16-7-3-2-6-15(16)18(24)23(19)17-8-4-5-9-20-17/h2-9,14H,10-13H2,1H3. The molecule has 1 atom stereocenters. The van der Waals surface area contributed by atoms with Crippen LogP contribution in [0, 0.1) is 0 Å². The van der Waals surface area contributed by atoms with Gasteiger partial charge < -0.3 is 9.47 Å². The number of hydrogen-bond acceptors (Lipinski definition) is 6. The third-order valence-electron chi connectivity index (χ3n) is 4.46. The fourth-order valence-corrected chi connectivity index (χ4v) is 3.05. The van der Waals surface area contributed by atoms with E-state index >= 15 is 0 Å². The van der Waals surface area contributed by atoms with E-state index in [0.717, 1.165) is 13.1 Å². The van der Waals surface area contributed by atoms with E-state index in [1.165, 1.54) is 4.57 Å². The molecule has 1 unspecified atom stereocenters. The zero-order valence-corrected chi connectivity index (χ0v) is 14.5. The van der Waals surface area contributed by atoms with Gasteiger partial charge in [0.1, 0.15) is 5.82 Å². The van der Waals surface area contributed by atoms with Crippen molar-refractivity contribution in [2.45, 2.75) is 13.2 Å². The van der Waals surface area contributed by atoms with Crippen molar-refractivity contribution in [3.05, 3.63) is 59.0 Å². The Morgan fingerprint density at radius 2 is 1.88 bits per heavy atom. The molecule has 0 spiro atoms. The minimum atomic E-state index is -0.234. The van der Waals surface area contributed by atoms with Gasteiger partial charge in [0.15, 0.2) is 6.23 Å². The molecule has 1 aliphatic rings. The summed E-state index contributed by atoms with van der Waals surface area (Å²) in [5.74, 6) is 0.486. The molecule has 0 saturated carbocycles. The Morgan fingerprint density at radius 1 is 1.12 bits per heavy atom. The fourth-order valence-electron chi connectivity index (χ4n) is 3.05. The zero-order chi connectivity index (χ0) is 17.9. The number of ether oxygens (including phenoxy) is 2. The summed E-state index contributed by atoms with van der Waals surface area (Å²) >= 11 is 0. The van der Waals surface area contributed by atoms with Crippen molar-refractivity contribution < 1.29 is 9.47 Å². The zero-order valence-electron chi connectivity index (χ0n) is 14.5. The van der Waals surface area contributed by atoms with E-state index in [0.29, 0.717) is 29.9 Å². The molecule has 134 valence electrons. The minimum Gasteiger partial charge on any atom is -0.445 e. The summed E-state index contributed by atoms with van der Waals surface area (Å²) in [5.41, 5.74) is 0.410. The van der Waals surface area contributed by atoms with Crippen LogP contribution in [0.1, 0.15) is 6.92 Å². The summed E-state index contributed by atoms with van der Waals surface area (Å²) in [6, 6.07) is 12.9. The number of nitrogens with zero attached hydrogens (tertiary/aromatic N) is 4. The van der Waals surface area contributed by atoms with Crippen LogP contribution in [-0.2, 0) is 4.74 Å². The van der Waals surface area contributed by atoms with Gasteiger partial charge in [-0.05, 0) is 31.2 Å². The van der Waals surface area contributed by atoms with Gasteiger partial charge in [0, 0.05) is 19.3 Å². The predicted molar refractivity (Wildman–Crippen MR) is 97.6 cm³/mol. The van der Waals surface area contributed by atoms with Crippen LogP contribution in [0.5, 0.6) is 6.01 Å². The summed E-state index contributed by atoms with van der Waals surface area (Å²) in [4.78, 5) is 24.1. The molecule has 0 amide bonds. The first-order valence-corrected chi connectivity index (χ1v) is 8.66. The van der Waals surface area contributed by atoms with Gasteiger partial charge in [0.2, 0.25) is 0 Å². The maximum atomic E-state index is 13.1. The van der Waals surface area contributed by atoms with Crippen LogP contribution in [0.3, 0.4) is 0 Å². The lowest BCUT2D eigenvalue weighted by atomic mass is 10.2. The highest BCUT2D eigenvalue weighted by Gasteiger charge is 2.22. The van der Waals surface area contributed by atoms with Crippen LogP contribution in [-0.4, -0.2) is 52.0 Å². The second-order valence-electron chi connectivity index (χ2n) is 6.11.